The van der Waals surface area contributed by atoms with Crippen LogP contribution in [0.1, 0.15) is 11.1 Å². The summed E-state index contributed by atoms with van der Waals surface area (Å²) in [5, 5.41) is 2.70. The van der Waals surface area contributed by atoms with E-state index in [2.05, 4.69) is 4.98 Å². The molecular formula is C14H12N2OS. The van der Waals surface area contributed by atoms with E-state index in [4.69, 9.17) is 0 Å². The van der Waals surface area contributed by atoms with Crippen molar-refractivity contribution in [3.05, 3.63) is 57.5 Å². The molecule has 90 valence electrons. The number of aryl methyl sites for hydroxylation is 2. The molecule has 18 heavy (non-hydrogen) atoms. The van der Waals surface area contributed by atoms with Crippen LogP contribution in [0.3, 0.4) is 0 Å². The highest BCUT2D eigenvalue weighted by Crippen LogP contribution is 2.20. The van der Waals surface area contributed by atoms with Gasteiger partial charge in [0.05, 0.1) is 11.1 Å². The number of thiophene rings is 1. The molecule has 0 amide bonds. The summed E-state index contributed by atoms with van der Waals surface area (Å²) >= 11 is 1.51. The fraction of sp³-hybridized carbons (Fsp3) is 0.143. The van der Waals surface area contributed by atoms with Crippen molar-refractivity contribution in [2.45, 2.75) is 13.8 Å². The fourth-order valence-corrected chi connectivity index (χ4v) is 2.95. The Labute approximate surface area is 108 Å². The zero-order chi connectivity index (χ0) is 12.7. The van der Waals surface area contributed by atoms with E-state index in [-0.39, 0.29) is 5.56 Å². The van der Waals surface area contributed by atoms with Crippen LogP contribution in [0.15, 0.2) is 40.8 Å². The Morgan fingerprint density at radius 2 is 1.94 bits per heavy atom. The highest BCUT2D eigenvalue weighted by Gasteiger charge is 2.10. The monoisotopic (exact) mass is 256 g/mol. The molecule has 3 nitrogen and oxygen atoms in total. The van der Waals surface area contributed by atoms with Crippen LogP contribution in [-0.2, 0) is 0 Å². The van der Waals surface area contributed by atoms with Gasteiger partial charge >= 0.3 is 0 Å². The number of para-hydroxylation sites is 1. The SMILES string of the molecule is Cc1ccccc1-n1cnc2scc(C)c2c1=O. The Bertz CT molecular complexity index is 786. The van der Waals surface area contributed by atoms with Crippen molar-refractivity contribution in [3.8, 4) is 5.69 Å². The van der Waals surface area contributed by atoms with Crippen molar-refractivity contribution in [1.29, 1.82) is 0 Å². The maximum atomic E-state index is 12.5. The molecule has 0 atom stereocenters. The molecule has 0 unspecified atom stereocenters. The number of fused-ring (bicyclic) bond motifs is 1. The molecule has 3 aromatic rings. The Balaban J connectivity index is 2.38. The number of aromatic nitrogens is 2. The molecule has 0 radical (unpaired) electrons. The first-order chi connectivity index (χ1) is 8.68. The summed E-state index contributed by atoms with van der Waals surface area (Å²) in [6.45, 7) is 3.94. The molecule has 0 aliphatic carbocycles. The van der Waals surface area contributed by atoms with Gasteiger partial charge in [0.1, 0.15) is 11.2 Å². The summed E-state index contributed by atoms with van der Waals surface area (Å²) in [5.41, 5.74) is 2.96. The summed E-state index contributed by atoms with van der Waals surface area (Å²) in [5.74, 6) is 0. The minimum atomic E-state index is 0.00745. The molecule has 3 rings (SSSR count). The Hall–Kier alpha value is -1.94. The maximum Gasteiger partial charge on any atom is 0.266 e. The number of nitrogens with zero attached hydrogens (tertiary/aromatic N) is 2. The number of hydrogen-bond acceptors (Lipinski definition) is 3. The summed E-state index contributed by atoms with van der Waals surface area (Å²) < 4.78 is 1.62. The van der Waals surface area contributed by atoms with Gasteiger partial charge in [-0.15, -0.1) is 11.3 Å². The molecule has 4 heteroatoms. The summed E-state index contributed by atoms with van der Waals surface area (Å²) in [6, 6.07) is 7.82. The third-order valence-electron chi connectivity index (χ3n) is 3.05. The van der Waals surface area contributed by atoms with E-state index in [1.54, 1.807) is 10.9 Å². The van der Waals surface area contributed by atoms with Gasteiger partial charge in [-0.25, -0.2) is 4.98 Å². The standard InChI is InChI=1S/C14H12N2OS/c1-9-5-3-4-6-11(9)16-8-15-13-12(14(16)17)10(2)7-18-13/h3-8H,1-2H3. The lowest BCUT2D eigenvalue weighted by Gasteiger charge is -2.08. The molecule has 2 aromatic heterocycles. The molecule has 0 aliphatic rings. The lowest BCUT2D eigenvalue weighted by Crippen LogP contribution is -2.19. The van der Waals surface area contributed by atoms with Crippen LogP contribution in [0.5, 0.6) is 0 Å². The normalized spacial score (nSPS) is 11.0. The van der Waals surface area contributed by atoms with Gasteiger partial charge in [-0.05, 0) is 36.4 Å². The predicted molar refractivity (Wildman–Crippen MR) is 74.7 cm³/mol. The van der Waals surface area contributed by atoms with E-state index in [0.717, 1.165) is 27.0 Å². The van der Waals surface area contributed by atoms with Gasteiger partial charge in [0.2, 0.25) is 0 Å². The van der Waals surface area contributed by atoms with Crippen LogP contribution in [0.25, 0.3) is 15.9 Å². The summed E-state index contributed by atoms with van der Waals surface area (Å²) in [6.07, 6.45) is 1.61. The lowest BCUT2D eigenvalue weighted by molar-refractivity contribution is 0.954. The molecule has 1 aromatic carbocycles. The minimum Gasteiger partial charge on any atom is -0.268 e. The zero-order valence-corrected chi connectivity index (χ0v) is 11.0. The quantitative estimate of drug-likeness (QED) is 0.670. The average Bonchev–Trinajstić information content (AvgIpc) is 2.74. The molecule has 0 saturated carbocycles. The first-order valence-electron chi connectivity index (χ1n) is 5.70. The Morgan fingerprint density at radius 3 is 2.72 bits per heavy atom. The number of hydrogen-bond donors (Lipinski definition) is 0. The van der Waals surface area contributed by atoms with E-state index < -0.39 is 0 Å². The third-order valence-corrected chi connectivity index (χ3v) is 4.06. The Kier molecular flexibility index (Phi) is 2.52. The lowest BCUT2D eigenvalue weighted by atomic mass is 10.2. The minimum absolute atomic E-state index is 0.00745. The fourth-order valence-electron chi connectivity index (χ4n) is 2.07. The number of rotatable bonds is 1. The van der Waals surface area contributed by atoms with Crippen LogP contribution >= 0.6 is 11.3 Å². The molecule has 0 fully saturated rings. The van der Waals surface area contributed by atoms with Gasteiger partial charge in [0, 0.05) is 0 Å². The van der Waals surface area contributed by atoms with Crippen LogP contribution < -0.4 is 5.56 Å². The second-order valence-corrected chi connectivity index (χ2v) is 5.16. The highest BCUT2D eigenvalue weighted by atomic mass is 32.1. The van der Waals surface area contributed by atoms with Gasteiger partial charge < -0.3 is 0 Å². The molecular weight excluding hydrogens is 244 g/mol. The topological polar surface area (TPSA) is 34.9 Å². The van der Waals surface area contributed by atoms with Crippen LogP contribution in [-0.4, -0.2) is 9.55 Å². The van der Waals surface area contributed by atoms with Crippen molar-refractivity contribution in [3.63, 3.8) is 0 Å². The van der Waals surface area contributed by atoms with Gasteiger partial charge in [0.15, 0.2) is 0 Å². The van der Waals surface area contributed by atoms with E-state index in [0.29, 0.717) is 0 Å². The van der Waals surface area contributed by atoms with Gasteiger partial charge in [-0.3, -0.25) is 9.36 Å². The van der Waals surface area contributed by atoms with E-state index >= 15 is 0 Å². The third kappa shape index (κ3) is 1.57. The second kappa shape index (κ2) is 4.07. The summed E-state index contributed by atoms with van der Waals surface area (Å²) in [7, 11) is 0. The maximum absolute atomic E-state index is 12.5. The van der Waals surface area contributed by atoms with E-state index in [9.17, 15) is 4.79 Å². The van der Waals surface area contributed by atoms with Crippen molar-refractivity contribution >= 4 is 21.6 Å². The molecule has 2 heterocycles. The van der Waals surface area contributed by atoms with Crippen molar-refractivity contribution in [1.82, 2.24) is 9.55 Å². The van der Waals surface area contributed by atoms with Gasteiger partial charge in [-0.2, -0.15) is 0 Å². The van der Waals surface area contributed by atoms with Gasteiger partial charge in [0.25, 0.3) is 5.56 Å². The molecule has 0 aliphatic heterocycles. The summed E-state index contributed by atoms with van der Waals surface area (Å²) in [4.78, 5) is 17.7. The first-order valence-corrected chi connectivity index (χ1v) is 6.58. The first kappa shape index (κ1) is 11.2. The highest BCUT2D eigenvalue weighted by molar-refractivity contribution is 7.16. The van der Waals surface area contributed by atoms with Crippen molar-refractivity contribution in [2.24, 2.45) is 0 Å². The molecule has 0 saturated heterocycles. The smallest absolute Gasteiger partial charge is 0.266 e. The average molecular weight is 256 g/mol. The molecule has 0 spiro atoms. The van der Waals surface area contributed by atoms with Crippen molar-refractivity contribution < 1.29 is 0 Å². The van der Waals surface area contributed by atoms with Crippen LogP contribution in [0, 0.1) is 13.8 Å². The second-order valence-electron chi connectivity index (χ2n) is 4.31. The molecule has 0 N–H and O–H groups in total. The van der Waals surface area contributed by atoms with Gasteiger partial charge in [-0.1, -0.05) is 18.2 Å². The largest absolute Gasteiger partial charge is 0.268 e. The van der Waals surface area contributed by atoms with Crippen molar-refractivity contribution in [2.75, 3.05) is 0 Å². The van der Waals surface area contributed by atoms with Crippen LogP contribution in [0.2, 0.25) is 0 Å². The number of benzene rings is 1. The Morgan fingerprint density at radius 1 is 1.17 bits per heavy atom. The zero-order valence-electron chi connectivity index (χ0n) is 10.2. The molecule has 0 bridgehead atoms. The predicted octanol–water partition coefficient (Wildman–Crippen LogP) is 3.06. The van der Waals surface area contributed by atoms with E-state index in [1.165, 1.54) is 11.3 Å². The van der Waals surface area contributed by atoms with Crippen LogP contribution in [0.4, 0.5) is 0 Å². The van der Waals surface area contributed by atoms with E-state index in [1.807, 2.05) is 43.5 Å².